The van der Waals surface area contributed by atoms with Crippen LogP contribution in [0.25, 0.3) is 0 Å². The zero-order chi connectivity index (χ0) is 10.2. The lowest BCUT2D eigenvalue weighted by molar-refractivity contribution is 0.112. The van der Waals surface area contributed by atoms with Crippen LogP contribution in [-0.2, 0) is 6.54 Å². The van der Waals surface area contributed by atoms with Crippen molar-refractivity contribution in [3.8, 4) is 6.07 Å². The first kappa shape index (κ1) is 10.4. The smallest absolute Gasteiger partial charge is 0.150 e. The number of hydrogen-bond acceptors (Lipinski definition) is 3. The summed E-state index contributed by atoms with van der Waals surface area (Å²) in [5.74, 6) is 0. The standard InChI is InChI=1S/C11H12N2O/c12-6-3-7-13-8-10-4-1-2-5-11(10)9-14/h1-2,4-5,9,13H,3,7-8H2. The van der Waals surface area contributed by atoms with Gasteiger partial charge >= 0.3 is 0 Å². The molecule has 1 N–H and O–H groups in total. The molecule has 3 heteroatoms. The summed E-state index contributed by atoms with van der Waals surface area (Å²) in [6, 6.07) is 9.48. The maximum absolute atomic E-state index is 10.6. The topological polar surface area (TPSA) is 52.9 Å². The molecule has 0 bridgehead atoms. The monoisotopic (exact) mass is 188 g/mol. The van der Waals surface area contributed by atoms with Crippen LogP contribution < -0.4 is 5.32 Å². The predicted octanol–water partition coefficient (Wildman–Crippen LogP) is 1.50. The highest BCUT2D eigenvalue weighted by atomic mass is 16.1. The molecule has 1 rings (SSSR count). The Morgan fingerprint density at radius 2 is 2.21 bits per heavy atom. The summed E-state index contributed by atoms with van der Waals surface area (Å²) in [6.45, 7) is 1.29. The van der Waals surface area contributed by atoms with Crippen molar-refractivity contribution in [3.05, 3.63) is 35.4 Å². The van der Waals surface area contributed by atoms with Crippen molar-refractivity contribution in [2.24, 2.45) is 0 Å². The van der Waals surface area contributed by atoms with Gasteiger partial charge in [-0.05, 0) is 5.56 Å². The molecule has 0 aliphatic heterocycles. The van der Waals surface area contributed by atoms with Crippen LogP contribution in [0.15, 0.2) is 24.3 Å². The first-order chi connectivity index (χ1) is 6.88. The summed E-state index contributed by atoms with van der Waals surface area (Å²) in [7, 11) is 0. The van der Waals surface area contributed by atoms with E-state index in [1.54, 1.807) is 6.07 Å². The summed E-state index contributed by atoms with van der Waals surface area (Å²) in [5, 5.41) is 11.4. The molecule has 0 amide bonds. The van der Waals surface area contributed by atoms with Crippen molar-refractivity contribution in [2.75, 3.05) is 6.54 Å². The van der Waals surface area contributed by atoms with Crippen LogP contribution in [0.4, 0.5) is 0 Å². The average molecular weight is 188 g/mol. The molecule has 14 heavy (non-hydrogen) atoms. The zero-order valence-electron chi connectivity index (χ0n) is 7.86. The Balaban J connectivity index is 2.50. The van der Waals surface area contributed by atoms with Crippen molar-refractivity contribution in [3.63, 3.8) is 0 Å². The minimum atomic E-state index is 0.489. The number of aldehydes is 1. The Kier molecular flexibility index (Phi) is 4.39. The van der Waals surface area contributed by atoms with Crippen LogP contribution in [-0.4, -0.2) is 12.8 Å². The van der Waals surface area contributed by atoms with Crippen molar-refractivity contribution >= 4 is 6.29 Å². The molecule has 1 aromatic carbocycles. The van der Waals surface area contributed by atoms with Gasteiger partial charge in [-0.25, -0.2) is 0 Å². The zero-order valence-corrected chi connectivity index (χ0v) is 7.86. The normalized spacial score (nSPS) is 9.36. The van der Waals surface area contributed by atoms with Crippen LogP contribution in [0.3, 0.4) is 0 Å². The van der Waals surface area contributed by atoms with Crippen LogP contribution in [0.1, 0.15) is 22.3 Å². The second-order valence-corrected chi connectivity index (χ2v) is 2.90. The molecular formula is C11H12N2O. The van der Waals surface area contributed by atoms with Gasteiger partial charge in [0, 0.05) is 25.1 Å². The van der Waals surface area contributed by atoms with Gasteiger partial charge in [-0.15, -0.1) is 0 Å². The maximum atomic E-state index is 10.6. The van der Waals surface area contributed by atoms with Crippen LogP contribution in [0.5, 0.6) is 0 Å². The van der Waals surface area contributed by atoms with Crippen molar-refractivity contribution in [2.45, 2.75) is 13.0 Å². The van der Waals surface area contributed by atoms with E-state index in [0.717, 1.165) is 11.8 Å². The van der Waals surface area contributed by atoms with E-state index in [9.17, 15) is 4.79 Å². The third-order valence-electron chi connectivity index (χ3n) is 1.91. The van der Waals surface area contributed by atoms with E-state index in [-0.39, 0.29) is 0 Å². The SMILES string of the molecule is N#CCCNCc1ccccc1C=O. The van der Waals surface area contributed by atoms with Gasteiger partial charge in [0.2, 0.25) is 0 Å². The predicted molar refractivity (Wildman–Crippen MR) is 53.8 cm³/mol. The highest BCUT2D eigenvalue weighted by Gasteiger charge is 1.98. The summed E-state index contributed by atoms with van der Waals surface area (Å²) < 4.78 is 0. The molecule has 0 fully saturated rings. The molecule has 1 aromatic rings. The lowest BCUT2D eigenvalue weighted by Gasteiger charge is -2.04. The second kappa shape index (κ2) is 5.90. The third-order valence-corrected chi connectivity index (χ3v) is 1.91. The first-order valence-corrected chi connectivity index (χ1v) is 4.49. The first-order valence-electron chi connectivity index (χ1n) is 4.49. The van der Waals surface area contributed by atoms with Gasteiger partial charge in [0.25, 0.3) is 0 Å². The number of nitriles is 1. The number of hydrogen-bond donors (Lipinski definition) is 1. The number of carbonyl (C=O) groups excluding carboxylic acids is 1. The highest BCUT2D eigenvalue weighted by molar-refractivity contribution is 5.77. The second-order valence-electron chi connectivity index (χ2n) is 2.90. The molecule has 0 saturated heterocycles. The lowest BCUT2D eigenvalue weighted by atomic mass is 10.1. The molecule has 3 nitrogen and oxygen atoms in total. The van der Waals surface area contributed by atoms with E-state index in [1.807, 2.05) is 18.2 Å². The molecule has 0 spiro atoms. The van der Waals surface area contributed by atoms with E-state index in [2.05, 4.69) is 11.4 Å². The fourth-order valence-electron chi connectivity index (χ4n) is 1.18. The summed E-state index contributed by atoms with van der Waals surface area (Å²) in [4.78, 5) is 10.6. The number of nitrogens with zero attached hydrogens (tertiary/aromatic N) is 1. The molecule has 0 radical (unpaired) electrons. The molecule has 72 valence electrons. The summed E-state index contributed by atoms with van der Waals surface area (Å²) in [5.41, 5.74) is 1.68. The lowest BCUT2D eigenvalue weighted by Crippen LogP contribution is -2.15. The van der Waals surface area contributed by atoms with Gasteiger partial charge < -0.3 is 5.32 Å². The Labute approximate surface area is 83.4 Å². The minimum absolute atomic E-state index is 0.489. The highest BCUT2D eigenvalue weighted by Crippen LogP contribution is 2.05. The van der Waals surface area contributed by atoms with Crippen LogP contribution >= 0.6 is 0 Å². The largest absolute Gasteiger partial charge is 0.312 e. The van der Waals surface area contributed by atoms with Crippen molar-refractivity contribution in [1.82, 2.24) is 5.32 Å². The molecule has 0 aliphatic carbocycles. The van der Waals surface area contributed by atoms with E-state index < -0.39 is 0 Å². The molecule has 0 heterocycles. The van der Waals surface area contributed by atoms with Gasteiger partial charge in [-0.3, -0.25) is 4.79 Å². The molecule has 0 saturated carbocycles. The summed E-state index contributed by atoms with van der Waals surface area (Å²) >= 11 is 0. The Hall–Kier alpha value is -1.66. The van der Waals surface area contributed by atoms with Gasteiger partial charge in [-0.2, -0.15) is 5.26 Å². The Bertz CT molecular complexity index is 341. The van der Waals surface area contributed by atoms with Gasteiger partial charge in [0.05, 0.1) is 6.07 Å². The van der Waals surface area contributed by atoms with Gasteiger partial charge in [-0.1, -0.05) is 24.3 Å². The third kappa shape index (κ3) is 3.00. The van der Waals surface area contributed by atoms with Gasteiger partial charge in [0.15, 0.2) is 0 Å². The number of benzene rings is 1. The van der Waals surface area contributed by atoms with E-state index in [4.69, 9.17) is 5.26 Å². The van der Waals surface area contributed by atoms with E-state index in [1.165, 1.54) is 0 Å². The maximum Gasteiger partial charge on any atom is 0.150 e. The van der Waals surface area contributed by atoms with Crippen molar-refractivity contribution in [1.29, 1.82) is 5.26 Å². The average Bonchev–Trinajstić information content (AvgIpc) is 2.25. The fourth-order valence-corrected chi connectivity index (χ4v) is 1.18. The Morgan fingerprint density at radius 1 is 1.43 bits per heavy atom. The van der Waals surface area contributed by atoms with Crippen molar-refractivity contribution < 1.29 is 4.79 Å². The van der Waals surface area contributed by atoms with Crippen LogP contribution in [0, 0.1) is 11.3 Å². The van der Waals surface area contributed by atoms with E-state index in [0.29, 0.717) is 25.1 Å². The fraction of sp³-hybridized carbons (Fsp3) is 0.273. The molecule has 0 aromatic heterocycles. The molecule has 0 aliphatic rings. The quantitative estimate of drug-likeness (QED) is 0.562. The summed E-state index contributed by atoms with van der Waals surface area (Å²) in [6.07, 6.45) is 1.34. The number of nitrogens with one attached hydrogen (secondary N) is 1. The number of carbonyl (C=O) groups is 1. The molecule has 0 unspecified atom stereocenters. The Morgan fingerprint density at radius 3 is 2.93 bits per heavy atom. The van der Waals surface area contributed by atoms with Gasteiger partial charge in [0.1, 0.15) is 6.29 Å². The minimum Gasteiger partial charge on any atom is -0.312 e. The molecule has 0 atom stereocenters. The van der Waals surface area contributed by atoms with Crippen LogP contribution in [0.2, 0.25) is 0 Å². The van der Waals surface area contributed by atoms with E-state index >= 15 is 0 Å². The number of rotatable bonds is 5. The molecular weight excluding hydrogens is 176 g/mol.